The molecule has 108 valence electrons. The Morgan fingerprint density at radius 1 is 1.35 bits per heavy atom. The average molecular weight is 274 g/mol. The quantitative estimate of drug-likeness (QED) is 0.878. The molecule has 0 radical (unpaired) electrons. The van der Waals surface area contributed by atoms with E-state index in [1.165, 1.54) is 0 Å². The van der Waals surface area contributed by atoms with Gasteiger partial charge in [-0.3, -0.25) is 0 Å². The minimum atomic E-state index is 0.383. The summed E-state index contributed by atoms with van der Waals surface area (Å²) in [5.41, 5.74) is 8.64. The van der Waals surface area contributed by atoms with Gasteiger partial charge >= 0.3 is 0 Å². The number of aryl methyl sites for hydroxylation is 1. The van der Waals surface area contributed by atoms with Gasteiger partial charge in [-0.05, 0) is 24.5 Å². The Bertz CT molecular complexity index is 563. The van der Waals surface area contributed by atoms with Gasteiger partial charge in [0.1, 0.15) is 11.4 Å². The molecule has 0 aliphatic rings. The summed E-state index contributed by atoms with van der Waals surface area (Å²) in [4.78, 5) is 0. The second-order valence-electron chi connectivity index (χ2n) is 5.23. The van der Waals surface area contributed by atoms with Crippen molar-refractivity contribution in [2.75, 3.05) is 7.11 Å². The van der Waals surface area contributed by atoms with Crippen LogP contribution in [0.5, 0.6) is 5.75 Å². The van der Waals surface area contributed by atoms with Crippen molar-refractivity contribution in [1.29, 1.82) is 0 Å². The first-order chi connectivity index (χ1) is 9.65. The van der Waals surface area contributed by atoms with Crippen molar-refractivity contribution in [2.45, 2.75) is 33.4 Å². The van der Waals surface area contributed by atoms with Crippen LogP contribution in [-0.2, 0) is 13.1 Å². The van der Waals surface area contributed by atoms with Crippen LogP contribution in [0.4, 0.5) is 0 Å². The van der Waals surface area contributed by atoms with E-state index < -0.39 is 0 Å². The van der Waals surface area contributed by atoms with E-state index in [2.05, 4.69) is 24.2 Å². The van der Waals surface area contributed by atoms with Crippen LogP contribution >= 0.6 is 0 Å². The predicted octanol–water partition coefficient (Wildman–Crippen LogP) is 2.46. The van der Waals surface area contributed by atoms with Crippen LogP contribution in [0, 0.1) is 5.92 Å². The lowest BCUT2D eigenvalue weighted by Gasteiger charge is -2.10. The molecule has 1 heterocycles. The fraction of sp³-hybridized carbons (Fsp3) is 0.467. The highest BCUT2D eigenvalue weighted by Crippen LogP contribution is 2.26. The number of nitrogens with zero attached hydrogens (tertiary/aromatic N) is 3. The lowest BCUT2D eigenvalue weighted by molar-refractivity contribution is 0.415. The van der Waals surface area contributed by atoms with Gasteiger partial charge in [-0.1, -0.05) is 31.2 Å². The minimum Gasteiger partial charge on any atom is -0.497 e. The lowest BCUT2D eigenvalue weighted by Crippen LogP contribution is -2.06. The van der Waals surface area contributed by atoms with Crippen molar-refractivity contribution in [3.05, 3.63) is 30.0 Å². The van der Waals surface area contributed by atoms with Gasteiger partial charge in [0, 0.05) is 18.7 Å². The van der Waals surface area contributed by atoms with E-state index in [4.69, 9.17) is 10.5 Å². The first kappa shape index (κ1) is 14.5. The maximum absolute atomic E-state index is 5.78. The van der Waals surface area contributed by atoms with Crippen LogP contribution in [0.2, 0.25) is 0 Å². The molecule has 0 atom stereocenters. The van der Waals surface area contributed by atoms with Gasteiger partial charge in [-0.25, -0.2) is 4.68 Å². The molecule has 5 heteroatoms. The third-order valence-electron chi connectivity index (χ3n) is 3.26. The van der Waals surface area contributed by atoms with Crippen molar-refractivity contribution < 1.29 is 4.74 Å². The fourth-order valence-corrected chi connectivity index (χ4v) is 2.11. The zero-order chi connectivity index (χ0) is 14.5. The summed E-state index contributed by atoms with van der Waals surface area (Å²) in [5, 5.41) is 8.43. The Morgan fingerprint density at radius 3 is 2.80 bits per heavy atom. The topological polar surface area (TPSA) is 66.0 Å². The Kier molecular flexibility index (Phi) is 4.74. The number of methoxy groups -OCH3 is 1. The summed E-state index contributed by atoms with van der Waals surface area (Å²) < 4.78 is 7.22. The van der Waals surface area contributed by atoms with Crippen molar-refractivity contribution in [3.8, 4) is 17.0 Å². The molecule has 0 fully saturated rings. The van der Waals surface area contributed by atoms with Gasteiger partial charge < -0.3 is 10.5 Å². The zero-order valence-corrected chi connectivity index (χ0v) is 12.3. The number of hydrogen-bond acceptors (Lipinski definition) is 4. The highest BCUT2D eigenvalue weighted by Gasteiger charge is 2.14. The molecule has 0 amide bonds. The van der Waals surface area contributed by atoms with Gasteiger partial charge in [0.2, 0.25) is 0 Å². The van der Waals surface area contributed by atoms with Gasteiger partial charge in [-0.2, -0.15) is 0 Å². The molecule has 5 nitrogen and oxygen atoms in total. The maximum atomic E-state index is 5.78. The van der Waals surface area contributed by atoms with Crippen LogP contribution in [0.1, 0.15) is 26.0 Å². The van der Waals surface area contributed by atoms with Crippen LogP contribution < -0.4 is 10.5 Å². The summed E-state index contributed by atoms with van der Waals surface area (Å²) in [7, 11) is 1.66. The standard InChI is InChI=1S/C15H22N4O/c1-11(2)7-8-19-15(14(10-16)17-18-19)12-5-4-6-13(9-12)20-3/h4-6,9,11H,7-8,10,16H2,1-3H3. The third kappa shape index (κ3) is 3.17. The van der Waals surface area contributed by atoms with E-state index in [0.717, 1.165) is 35.7 Å². The minimum absolute atomic E-state index is 0.383. The van der Waals surface area contributed by atoms with Crippen molar-refractivity contribution >= 4 is 0 Å². The first-order valence-corrected chi connectivity index (χ1v) is 6.92. The maximum Gasteiger partial charge on any atom is 0.119 e. The number of hydrogen-bond donors (Lipinski definition) is 1. The Morgan fingerprint density at radius 2 is 2.15 bits per heavy atom. The monoisotopic (exact) mass is 274 g/mol. The molecule has 0 spiro atoms. The van der Waals surface area contributed by atoms with Gasteiger partial charge in [0.25, 0.3) is 0 Å². The van der Waals surface area contributed by atoms with E-state index in [0.29, 0.717) is 12.5 Å². The molecule has 0 unspecified atom stereocenters. The molecular formula is C15H22N4O. The third-order valence-corrected chi connectivity index (χ3v) is 3.26. The number of nitrogens with two attached hydrogens (primary N) is 1. The van der Waals surface area contributed by atoms with E-state index in [9.17, 15) is 0 Å². The Balaban J connectivity index is 2.39. The Hall–Kier alpha value is -1.88. The largest absolute Gasteiger partial charge is 0.497 e. The summed E-state index contributed by atoms with van der Waals surface area (Å²) in [6, 6.07) is 7.91. The van der Waals surface area contributed by atoms with Crippen LogP contribution in [0.15, 0.2) is 24.3 Å². The second kappa shape index (κ2) is 6.52. The van der Waals surface area contributed by atoms with Crippen LogP contribution in [-0.4, -0.2) is 22.1 Å². The van der Waals surface area contributed by atoms with Gasteiger partial charge in [0.15, 0.2) is 0 Å². The zero-order valence-electron chi connectivity index (χ0n) is 12.3. The smallest absolute Gasteiger partial charge is 0.119 e. The molecule has 0 bridgehead atoms. The number of ether oxygens (including phenoxy) is 1. The average Bonchev–Trinajstić information content (AvgIpc) is 2.88. The summed E-state index contributed by atoms with van der Waals surface area (Å²) in [6.45, 7) is 5.63. The number of rotatable bonds is 6. The van der Waals surface area contributed by atoms with E-state index in [1.807, 2.05) is 28.9 Å². The number of aromatic nitrogens is 3. The normalized spacial score (nSPS) is 11.1. The Labute approximate surface area is 119 Å². The van der Waals surface area contributed by atoms with Gasteiger partial charge in [0.05, 0.1) is 12.8 Å². The molecule has 2 aromatic rings. The number of benzene rings is 1. The molecule has 1 aromatic carbocycles. The van der Waals surface area contributed by atoms with Crippen LogP contribution in [0.25, 0.3) is 11.3 Å². The first-order valence-electron chi connectivity index (χ1n) is 6.92. The molecular weight excluding hydrogens is 252 g/mol. The summed E-state index contributed by atoms with van der Waals surface area (Å²) >= 11 is 0. The van der Waals surface area contributed by atoms with Gasteiger partial charge in [-0.15, -0.1) is 5.10 Å². The van der Waals surface area contributed by atoms with Crippen LogP contribution in [0.3, 0.4) is 0 Å². The molecule has 0 saturated heterocycles. The molecule has 0 aliphatic carbocycles. The van der Waals surface area contributed by atoms with E-state index in [1.54, 1.807) is 7.11 Å². The van der Waals surface area contributed by atoms with Crippen molar-refractivity contribution in [2.24, 2.45) is 11.7 Å². The van der Waals surface area contributed by atoms with E-state index in [-0.39, 0.29) is 0 Å². The predicted molar refractivity (Wildman–Crippen MR) is 79.4 cm³/mol. The lowest BCUT2D eigenvalue weighted by atomic mass is 10.1. The SMILES string of the molecule is COc1cccc(-c2c(CN)nnn2CCC(C)C)c1. The molecule has 0 saturated carbocycles. The second-order valence-corrected chi connectivity index (χ2v) is 5.23. The van der Waals surface area contributed by atoms with Crippen molar-refractivity contribution in [1.82, 2.24) is 15.0 Å². The molecule has 1 aromatic heterocycles. The summed E-state index contributed by atoms with van der Waals surface area (Å²) in [5.74, 6) is 1.45. The molecule has 0 aliphatic heterocycles. The molecule has 20 heavy (non-hydrogen) atoms. The van der Waals surface area contributed by atoms with E-state index >= 15 is 0 Å². The fourth-order valence-electron chi connectivity index (χ4n) is 2.11. The van der Waals surface area contributed by atoms with Crippen molar-refractivity contribution in [3.63, 3.8) is 0 Å². The highest BCUT2D eigenvalue weighted by atomic mass is 16.5. The molecule has 2 N–H and O–H groups in total. The summed E-state index contributed by atoms with van der Waals surface area (Å²) in [6.07, 6.45) is 1.06. The molecule has 2 rings (SSSR count). The highest BCUT2D eigenvalue weighted by molar-refractivity contribution is 5.63.